The fraction of sp³-hybridized carbons (Fsp3) is 0.533. The minimum Gasteiger partial charge on any atom is -0.387 e. The number of anilines is 1. The number of unbranched alkanes of at least 4 members (excludes halogenated alkanes) is 2. The summed E-state index contributed by atoms with van der Waals surface area (Å²) in [5.74, 6) is -0.401. The Morgan fingerprint density at radius 1 is 1.29 bits per heavy atom. The molecular weight excluding hydrogens is 281 g/mol. The second-order valence-electron chi connectivity index (χ2n) is 4.94. The first kappa shape index (κ1) is 17.3. The van der Waals surface area contributed by atoms with Gasteiger partial charge in [-0.15, -0.1) is 0 Å². The van der Waals surface area contributed by atoms with Gasteiger partial charge in [-0.3, -0.25) is 4.79 Å². The van der Waals surface area contributed by atoms with Gasteiger partial charge in [0.2, 0.25) is 0 Å². The number of nitrogens with one attached hydrogen (secondary N) is 1. The summed E-state index contributed by atoms with van der Waals surface area (Å²) in [6, 6.07) is 3.17. The summed E-state index contributed by atoms with van der Waals surface area (Å²) >= 11 is 0. The Balaban J connectivity index is 3.00. The average Bonchev–Trinajstić information content (AvgIpc) is 2.44. The fourth-order valence-electron chi connectivity index (χ4n) is 2.02. The number of carbonyl (C=O) groups is 1. The van der Waals surface area contributed by atoms with Crippen LogP contribution in [0.15, 0.2) is 18.2 Å². The highest BCUT2D eigenvalue weighted by Gasteiger charge is 2.32. The zero-order chi connectivity index (χ0) is 16.0. The van der Waals surface area contributed by atoms with Crippen molar-refractivity contribution in [1.82, 2.24) is 4.90 Å². The highest BCUT2D eigenvalue weighted by molar-refractivity contribution is 5.99. The molecule has 1 N–H and O–H groups in total. The van der Waals surface area contributed by atoms with Crippen LogP contribution in [0.5, 0.6) is 0 Å². The van der Waals surface area contributed by atoms with Crippen molar-refractivity contribution in [1.29, 1.82) is 0 Å². The lowest BCUT2D eigenvalue weighted by molar-refractivity contribution is -0.137. The zero-order valence-electron chi connectivity index (χ0n) is 12.5. The quantitative estimate of drug-likeness (QED) is 0.805. The summed E-state index contributed by atoms with van der Waals surface area (Å²) in [6.45, 7) is 2.58. The number of hydrogen-bond acceptors (Lipinski definition) is 2. The summed E-state index contributed by atoms with van der Waals surface area (Å²) in [6.07, 6.45) is -1.61. The largest absolute Gasteiger partial charge is 0.416 e. The molecule has 6 heteroatoms. The van der Waals surface area contributed by atoms with Crippen LogP contribution in [0.3, 0.4) is 0 Å². The van der Waals surface area contributed by atoms with Crippen molar-refractivity contribution in [2.45, 2.75) is 32.4 Å². The minimum absolute atomic E-state index is 0.0475. The molecule has 0 fully saturated rings. The standard InChI is InChI=1S/C15H21F3N2O/c1-4-5-6-9-20(3)14(21)12-10-11(15(16,17)18)7-8-13(12)19-2/h7-8,10,19H,4-6,9H2,1-3H3. The minimum atomic E-state index is -4.46. The number of benzene rings is 1. The first-order valence-corrected chi connectivity index (χ1v) is 6.95. The molecule has 0 saturated carbocycles. The monoisotopic (exact) mass is 302 g/mol. The number of halogens is 3. The van der Waals surface area contributed by atoms with Gasteiger partial charge in [-0.1, -0.05) is 19.8 Å². The van der Waals surface area contributed by atoms with E-state index in [4.69, 9.17) is 0 Å². The van der Waals surface area contributed by atoms with Crippen LogP contribution < -0.4 is 5.32 Å². The second kappa shape index (κ2) is 7.33. The molecule has 0 bridgehead atoms. The van der Waals surface area contributed by atoms with E-state index in [2.05, 4.69) is 5.32 Å². The van der Waals surface area contributed by atoms with Crippen LogP contribution in [0.1, 0.15) is 42.1 Å². The molecular formula is C15H21F3N2O. The highest BCUT2D eigenvalue weighted by atomic mass is 19.4. The molecule has 0 aromatic heterocycles. The number of rotatable bonds is 6. The summed E-state index contributed by atoms with van der Waals surface area (Å²) < 4.78 is 38.3. The molecule has 0 radical (unpaired) electrons. The van der Waals surface area contributed by atoms with Gasteiger partial charge >= 0.3 is 6.18 Å². The highest BCUT2D eigenvalue weighted by Crippen LogP contribution is 2.32. The molecule has 118 valence electrons. The maximum atomic E-state index is 12.8. The van der Waals surface area contributed by atoms with Crippen LogP contribution in [0.4, 0.5) is 18.9 Å². The fourth-order valence-corrected chi connectivity index (χ4v) is 2.02. The van der Waals surface area contributed by atoms with Crippen molar-refractivity contribution in [3.63, 3.8) is 0 Å². The van der Waals surface area contributed by atoms with Crippen LogP contribution >= 0.6 is 0 Å². The van der Waals surface area contributed by atoms with Crippen molar-refractivity contribution >= 4 is 11.6 Å². The Morgan fingerprint density at radius 2 is 1.95 bits per heavy atom. The van der Waals surface area contributed by atoms with E-state index < -0.39 is 17.6 Å². The lowest BCUT2D eigenvalue weighted by Crippen LogP contribution is -2.28. The molecule has 1 amide bonds. The number of amides is 1. The Bertz CT molecular complexity index is 486. The predicted molar refractivity (Wildman–Crippen MR) is 77.5 cm³/mol. The molecule has 1 aromatic rings. The predicted octanol–water partition coefficient (Wildman–Crippen LogP) is 4.01. The van der Waals surface area contributed by atoms with E-state index in [1.54, 1.807) is 14.1 Å². The molecule has 3 nitrogen and oxygen atoms in total. The van der Waals surface area contributed by atoms with E-state index in [1.807, 2.05) is 6.92 Å². The Morgan fingerprint density at radius 3 is 2.48 bits per heavy atom. The lowest BCUT2D eigenvalue weighted by Gasteiger charge is -2.20. The topological polar surface area (TPSA) is 32.3 Å². The van der Waals surface area contributed by atoms with E-state index >= 15 is 0 Å². The van der Waals surface area contributed by atoms with Crippen LogP contribution in [0.2, 0.25) is 0 Å². The van der Waals surface area contributed by atoms with Crippen molar-refractivity contribution < 1.29 is 18.0 Å². The molecule has 1 rings (SSSR count). The third kappa shape index (κ3) is 4.65. The van der Waals surface area contributed by atoms with Crippen molar-refractivity contribution in [3.05, 3.63) is 29.3 Å². The Hall–Kier alpha value is -1.72. The molecule has 0 aliphatic carbocycles. The summed E-state index contributed by atoms with van der Waals surface area (Å²) in [5.41, 5.74) is -0.367. The molecule has 0 spiro atoms. The number of nitrogens with zero attached hydrogens (tertiary/aromatic N) is 1. The SMILES string of the molecule is CCCCCN(C)C(=O)c1cc(C(F)(F)F)ccc1NC. The molecule has 21 heavy (non-hydrogen) atoms. The van der Waals surface area contributed by atoms with Crippen LogP contribution in [-0.2, 0) is 6.18 Å². The van der Waals surface area contributed by atoms with Gasteiger partial charge in [0.15, 0.2) is 0 Å². The van der Waals surface area contributed by atoms with Crippen LogP contribution in [0.25, 0.3) is 0 Å². The third-order valence-electron chi connectivity index (χ3n) is 3.29. The van der Waals surface area contributed by atoms with E-state index in [9.17, 15) is 18.0 Å². The number of carbonyl (C=O) groups excluding carboxylic acids is 1. The van der Waals surface area contributed by atoms with Crippen molar-refractivity contribution in [2.75, 3.05) is 26.0 Å². The van der Waals surface area contributed by atoms with Gasteiger partial charge in [0.05, 0.1) is 11.1 Å². The third-order valence-corrected chi connectivity index (χ3v) is 3.29. The van der Waals surface area contributed by atoms with Crippen LogP contribution in [0, 0.1) is 0 Å². The van der Waals surface area contributed by atoms with Crippen LogP contribution in [-0.4, -0.2) is 31.4 Å². The van der Waals surface area contributed by atoms with Gasteiger partial charge in [-0.05, 0) is 24.6 Å². The van der Waals surface area contributed by atoms with Gasteiger partial charge in [0.25, 0.3) is 5.91 Å². The maximum Gasteiger partial charge on any atom is 0.416 e. The van der Waals surface area contributed by atoms with E-state index in [1.165, 1.54) is 11.0 Å². The van der Waals surface area contributed by atoms with Crippen molar-refractivity contribution in [3.8, 4) is 0 Å². The second-order valence-corrected chi connectivity index (χ2v) is 4.94. The van der Waals surface area contributed by atoms with Gasteiger partial charge in [-0.2, -0.15) is 13.2 Å². The molecule has 1 aromatic carbocycles. The Labute approximate surface area is 123 Å². The molecule has 0 saturated heterocycles. The molecule has 0 unspecified atom stereocenters. The van der Waals surface area contributed by atoms with Gasteiger partial charge in [0, 0.05) is 26.3 Å². The van der Waals surface area contributed by atoms with E-state index in [0.29, 0.717) is 12.2 Å². The molecule has 0 aliphatic rings. The molecule has 0 heterocycles. The first-order valence-electron chi connectivity index (χ1n) is 6.95. The smallest absolute Gasteiger partial charge is 0.387 e. The molecule has 0 aliphatic heterocycles. The van der Waals surface area contributed by atoms with Gasteiger partial charge in [-0.25, -0.2) is 0 Å². The molecule has 0 atom stereocenters. The Kier molecular flexibility index (Phi) is 6.05. The summed E-state index contributed by atoms with van der Waals surface area (Å²) in [7, 11) is 3.19. The average molecular weight is 302 g/mol. The number of alkyl halides is 3. The van der Waals surface area contributed by atoms with E-state index in [0.717, 1.165) is 31.4 Å². The summed E-state index contributed by atoms with van der Waals surface area (Å²) in [5, 5.41) is 2.76. The van der Waals surface area contributed by atoms with Crippen molar-refractivity contribution in [2.24, 2.45) is 0 Å². The maximum absolute atomic E-state index is 12.8. The summed E-state index contributed by atoms with van der Waals surface area (Å²) in [4.78, 5) is 13.8. The lowest BCUT2D eigenvalue weighted by atomic mass is 10.1. The zero-order valence-corrected chi connectivity index (χ0v) is 12.5. The normalized spacial score (nSPS) is 11.3. The van der Waals surface area contributed by atoms with Gasteiger partial charge in [0.1, 0.15) is 0 Å². The number of hydrogen-bond donors (Lipinski definition) is 1. The first-order chi connectivity index (χ1) is 9.81. The van der Waals surface area contributed by atoms with Gasteiger partial charge < -0.3 is 10.2 Å². The van der Waals surface area contributed by atoms with E-state index in [-0.39, 0.29) is 5.56 Å².